The molecule has 2 aromatic carbocycles. The number of carboxylic acids is 1. The lowest BCUT2D eigenvalue weighted by molar-refractivity contribution is -0.119. The number of carbonyl (C=O) groups is 3. The van der Waals surface area contributed by atoms with E-state index in [1.807, 2.05) is 0 Å². The van der Waals surface area contributed by atoms with Crippen molar-refractivity contribution in [2.24, 2.45) is 5.92 Å². The molecule has 9 heteroatoms. The summed E-state index contributed by atoms with van der Waals surface area (Å²) in [6.45, 7) is 9.21. The van der Waals surface area contributed by atoms with Crippen molar-refractivity contribution in [1.29, 1.82) is 0 Å². The zero-order valence-electron chi connectivity index (χ0n) is 26.0. The van der Waals surface area contributed by atoms with Crippen molar-refractivity contribution in [1.82, 2.24) is 10.2 Å². The number of likely N-dealkylation sites (tertiary alicyclic amines) is 1. The molecule has 5 rings (SSSR count). The lowest BCUT2D eigenvalue weighted by Gasteiger charge is -2.47. The van der Waals surface area contributed by atoms with E-state index >= 15 is 0 Å². The average Bonchev–Trinajstić information content (AvgIpc) is 2.95. The monoisotopic (exact) mass is 612 g/mol. The summed E-state index contributed by atoms with van der Waals surface area (Å²) in [5.74, 6) is -0.422. The van der Waals surface area contributed by atoms with Gasteiger partial charge in [0.15, 0.2) is 5.43 Å². The predicted molar refractivity (Wildman–Crippen MR) is 173 cm³/mol. The minimum absolute atomic E-state index is 0.0203. The van der Waals surface area contributed by atoms with Crippen LogP contribution in [0.3, 0.4) is 0 Å². The highest BCUT2D eigenvalue weighted by Gasteiger charge is 2.34. The molecule has 1 fully saturated rings. The maximum Gasteiger partial charge on any atom is 0.336 e. The first-order valence-corrected chi connectivity index (χ1v) is 15.5. The normalized spacial score (nSPS) is 14.0. The van der Waals surface area contributed by atoms with Gasteiger partial charge in [-0.05, 0) is 94.0 Å². The number of ketones is 1. The number of nitrogens with one attached hydrogen (secondary N) is 1. The molecule has 2 aliphatic heterocycles. The van der Waals surface area contributed by atoms with E-state index in [1.165, 1.54) is 42.5 Å². The van der Waals surface area contributed by atoms with E-state index in [1.54, 1.807) is 12.1 Å². The van der Waals surface area contributed by atoms with Crippen LogP contribution >= 0.6 is 0 Å². The number of unbranched alkanes of at least 4 members (excludes halogenated alkanes) is 2. The second-order valence-corrected chi connectivity index (χ2v) is 13.0. The number of benzene rings is 3. The molecule has 0 unspecified atom stereocenters. The minimum Gasteiger partial charge on any atom is -0.508 e. The fourth-order valence-electron chi connectivity index (χ4n) is 5.95. The van der Waals surface area contributed by atoms with E-state index in [9.17, 15) is 29.4 Å². The largest absolute Gasteiger partial charge is 0.508 e. The number of carbonyl (C=O) groups excluding carboxylic acids is 2. The van der Waals surface area contributed by atoms with Crippen LogP contribution in [0, 0.1) is 5.92 Å². The van der Waals surface area contributed by atoms with E-state index in [4.69, 9.17) is 4.42 Å². The molecule has 9 nitrogen and oxygen atoms in total. The molecule has 2 heterocycles. The molecular formula is C36H40N2O7. The van der Waals surface area contributed by atoms with Crippen molar-refractivity contribution in [2.45, 2.75) is 64.8 Å². The zero-order chi connectivity index (χ0) is 32.3. The molecule has 0 saturated carbocycles. The Labute approximate surface area is 262 Å². The Kier molecular flexibility index (Phi) is 9.39. The third-order valence-electron chi connectivity index (χ3n) is 8.61. The Hall–Kier alpha value is -4.50. The topological polar surface area (TPSA) is 137 Å². The standard InChI is InChI=1S/C36H40N2O7/c1-36(2,3)38-20-22(21-38)8-10-24(39)7-5-4-6-16-37-34(42)23-9-13-27(35(43)44)30(17-23)33-28-14-11-25(40)18-31(28)45-32-19-26(41)12-15-29(32)33/h9,11-15,17-19,22,40H,4-8,10,16,20-21H2,1-3H3,(H,37,42)(H,43,44). The molecule has 1 amide bonds. The predicted octanol–water partition coefficient (Wildman–Crippen LogP) is 6.34. The molecule has 0 spiro atoms. The first-order chi connectivity index (χ1) is 21.4. The van der Waals surface area contributed by atoms with Crippen LogP contribution in [-0.4, -0.2) is 57.9 Å². The van der Waals surface area contributed by atoms with Gasteiger partial charge in [-0.1, -0.05) is 6.42 Å². The van der Waals surface area contributed by atoms with Crippen LogP contribution in [0.15, 0.2) is 63.8 Å². The first-order valence-electron chi connectivity index (χ1n) is 15.5. The number of phenols is 1. The summed E-state index contributed by atoms with van der Waals surface area (Å²) in [5, 5.41) is 23.5. The van der Waals surface area contributed by atoms with Crippen molar-refractivity contribution in [2.75, 3.05) is 19.6 Å². The van der Waals surface area contributed by atoms with Crippen LogP contribution in [0.25, 0.3) is 33.4 Å². The van der Waals surface area contributed by atoms with Crippen molar-refractivity contribution in [3.8, 4) is 28.2 Å². The summed E-state index contributed by atoms with van der Waals surface area (Å²) >= 11 is 0. The van der Waals surface area contributed by atoms with Crippen molar-refractivity contribution < 1.29 is 29.0 Å². The van der Waals surface area contributed by atoms with Gasteiger partial charge in [0, 0.05) is 72.2 Å². The third-order valence-corrected chi connectivity index (χ3v) is 8.61. The highest BCUT2D eigenvalue weighted by atomic mass is 16.4. The van der Waals surface area contributed by atoms with Gasteiger partial charge in [0.1, 0.15) is 22.9 Å². The Morgan fingerprint density at radius 3 is 2.44 bits per heavy atom. The number of hydrogen-bond donors (Lipinski definition) is 3. The van der Waals surface area contributed by atoms with E-state index in [0.717, 1.165) is 38.8 Å². The summed E-state index contributed by atoms with van der Waals surface area (Å²) in [7, 11) is 0. The van der Waals surface area contributed by atoms with Gasteiger partial charge >= 0.3 is 5.97 Å². The van der Waals surface area contributed by atoms with Crippen molar-refractivity contribution in [3.63, 3.8) is 0 Å². The number of Topliss-reactive ketones (excluding diaryl/α,β-unsaturated/α-hetero) is 1. The summed E-state index contributed by atoms with van der Waals surface area (Å²) in [6.07, 6.45) is 4.46. The Morgan fingerprint density at radius 1 is 0.933 bits per heavy atom. The third kappa shape index (κ3) is 7.42. The molecule has 45 heavy (non-hydrogen) atoms. The van der Waals surface area contributed by atoms with Gasteiger partial charge in [-0.25, -0.2) is 4.79 Å². The zero-order valence-corrected chi connectivity index (χ0v) is 26.0. The Bertz CT molecular complexity index is 1760. The Balaban J connectivity index is 1.21. The summed E-state index contributed by atoms with van der Waals surface area (Å²) in [4.78, 5) is 52.3. The maximum atomic E-state index is 13.1. The Morgan fingerprint density at radius 2 is 1.71 bits per heavy atom. The van der Waals surface area contributed by atoms with Crippen LogP contribution in [0.5, 0.6) is 5.75 Å². The highest BCUT2D eigenvalue weighted by molar-refractivity contribution is 6.09. The maximum absolute atomic E-state index is 13.1. The second-order valence-electron chi connectivity index (χ2n) is 13.0. The number of carboxylic acid groups (broad SMARTS) is 1. The van der Waals surface area contributed by atoms with Crippen LogP contribution in [0.1, 0.15) is 80.0 Å². The SMILES string of the molecule is CC(C)(C)N1CC(CCC(=O)CCCCCNC(=O)c2ccc(C(=O)O)c(-c3c4ccc(=O)cc-4oc4cc(O)ccc34)c2)C1. The van der Waals surface area contributed by atoms with Crippen LogP contribution in [0.4, 0.5) is 0 Å². The van der Waals surface area contributed by atoms with E-state index in [2.05, 4.69) is 31.0 Å². The summed E-state index contributed by atoms with van der Waals surface area (Å²) in [6, 6.07) is 13.1. The number of amides is 1. The quantitative estimate of drug-likeness (QED) is 0.125. The number of hydrogen-bond acceptors (Lipinski definition) is 7. The average molecular weight is 613 g/mol. The lowest BCUT2D eigenvalue weighted by atomic mass is 9.88. The number of rotatable bonds is 12. The molecular weight excluding hydrogens is 572 g/mol. The molecule has 1 aliphatic carbocycles. The molecule has 0 aromatic heterocycles. The minimum atomic E-state index is -1.17. The summed E-state index contributed by atoms with van der Waals surface area (Å²) in [5.41, 5.74) is 1.71. The lowest BCUT2D eigenvalue weighted by Crippen LogP contribution is -2.55. The smallest absolute Gasteiger partial charge is 0.336 e. The fourth-order valence-corrected chi connectivity index (χ4v) is 5.95. The highest BCUT2D eigenvalue weighted by Crippen LogP contribution is 2.42. The molecule has 0 bridgehead atoms. The van der Waals surface area contributed by atoms with Crippen molar-refractivity contribution in [3.05, 3.63) is 75.9 Å². The second kappa shape index (κ2) is 13.2. The van der Waals surface area contributed by atoms with Gasteiger partial charge in [0.05, 0.1) is 5.56 Å². The number of aromatic hydroxyl groups is 1. The molecule has 3 aliphatic rings. The van der Waals surface area contributed by atoms with Gasteiger partial charge in [0.25, 0.3) is 5.91 Å². The first kappa shape index (κ1) is 31.9. The van der Waals surface area contributed by atoms with E-state index in [0.29, 0.717) is 47.6 Å². The number of phenolic OH excluding ortho intramolecular Hbond substituents is 1. The van der Waals surface area contributed by atoms with Crippen LogP contribution in [0.2, 0.25) is 0 Å². The molecule has 3 N–H and O–H groups in total. The molecule has 0 atom stereocenters. The molecule has 2 aromatic rings. The van der Waals surface area contributed by atoms with E-state index < -0.39 is 5.97 Å². The van der Waals surface area contributed by atoms with Gasteiger partial charge in [0.2, 0.25) is 0 Å². The number of fused-ring (bicyclic) bond motifs is 2. The van der Waals surface area contributed by atoms with Gasteiger partial charge < -0.3 is 19.9 Å². The number of aromatic carboxylic acids is 1. The molecule has 1 saturated heterocycles. The van der Waals surface area contributed by atoms with Crippen LogP contribution < -0.4 is 10.7 Å². The molecule has 236 valence electrons. The number of nitrogens with zero attached hydrogens (tertiary/aromatic N) is 1. The van der Waals surface area contributed by atoms with Gasteiger partial charge in [-0.15, -0.1) is 0 Å². The summed E-state index contributed by atoms with van der Waals surface area (Å²) < 4.78 is 5.89. The molecule has 0 radical (unpaired) electrons. The van der Waals surface area contributed by atoms with E-state index in [-0.39, 0.29) is 50.7 Å². The van der Waals surface area contributed by atoms with Gasteiger partial charge in [-0.3, -0.25) is 19.3 Å². The van der Waals surface area contributed by atoms with Crippen molar-refractivity contribution >= 4 is 28.6 Å². The van der Waals surface area contributed by atoms with Crippen LogP contribution in [-0.2, 0) is 4.79 Å². The fraction of sp³-hybridized carbons (Fsp3) is 0.389. The van der Waals surface area contributed by atoms with Gasteiger partial charge in [-0.2, -0.15) is 0 Å².